The molecule has 0 fully saturated rings. The third kappa shape index (κ3) is 4.61. The predicted octanol–water partition coefficient (Wildman–Crippen LogP) is 0.657. The summed E-state index contributed by atoms with van der Waals surface area (Å²) in [4.78, 5) is 13.2. The van der Waals surface area contributed by atoms with E-state index in [-0.39, 0.29) is 91.3 Å². The average molecular weight is 479 g/mol. The molecule has 34 heavy (non-hydrogen) atoms. The van der Waals surface area contributed by atoms with Crippen LogP contribution in [0.25, 0.3) is 0 Å². The van der Waals surface area contributed by atoms with Crippen LogP contribution in [0.3, 0.4) is 0 Å². The molecule has 3 aromatic rings. The number of hydrogen-bond acceptors (Lipinski definition) is 4. The number of ether oxygens (including phenoxy) is 1. The summed E-state index contributed by atoms with van der Waals surface area (Å²) in [5.41, 5.74) is 5.08. The van der Waals surface area contributed by atoms with Crippen LogP contribution < -0.4 is 59.1 Å². The van der Waals surface area contributed by atoms with Crippen molar-refractivity contribution in [2.45, 2.75) is 59.0 Å². The van der Waals surface area contributed by atoms with Crippen molar-refractivity contribution < 1.29 is 81.7 Å². The topological polar surface area (TPSA) is 66.8 Å². The first-order valence-electron chi connectivity index (χ1n) is 11.1. The van der Waals surface area contributed by atoms with Crippen LogP contribution in [0.4, 0.5) is 0 Å². The number of cyclic esters (lactones) is 1. The normalized spacial score (nSPS) is 13.8. The van der Waals surface area contributed by atoms with Gasteiger partial charge in [-0.3, -0.25) is 0 Å². The van der Waals surface area contributed by atoms with Crippen LogP contribution in [-0.4, -0.2) is 16.2 Å². The van der Waals surface area contributed by atoms with Crippen LogP contribution >= 0.6 is 0 Å². The monoisotopic (exact) mass is 478 g/mol. The Labute approximate surface area is 249 Å². The van der Waals surface area contributed by atoms with Gasteiger partial charge in [0, 0.05) is 16.7 Å². The molecule has 1 aliphatic rings. The third-order valence-electron chi connectivity index (χ3n) is 6.51. The molecule has 0 atom stereocenters. The van der Waals surface area contributed by atoms with Gasteiger partial charge in [-0.1, -0.05) is 45.9 Å². The smallest absolute Gasteiger partial charge is 1.00 e. The van der Waals surface area contributed by atoms with E-state index in [1.165, 1.54) is 0 Å². The van der Waals surface area contributed by atoms with E-state index in [0.717, 1.165) is 27.8 Å². The molecule has 0 saturated carbocycles. The maximum atomic E-state index is 13.2. The number of benzene rings is 3. The number of esters is 1. The standard InChI is InChI=1S/C28H30O4.2Na.2H/c1-15(2)20-13-25(29)17(5)11-23(20)28(22-10-8-7-9-19(22)27(31)32-28)24-12-18(6)26(30)14-21(24)16(3)4;;;;/h7-16,29-30H,1-6H3;;;;/q;2*+1;2*-1. The summed E-state index contributed by atoms with van der Waals surface area (Å²) in [6.45, 7) is 12.0. The Morgan fingerprint density at radius 1 is 0.765 bits per heavy atom. The van der Waals surface area contributed by atoms with E-state index in [0.29, 0.717) is 16.7 Å². The Morgan fingerprint density at radius 3 is 1.65 bits per heavy atom. The molecule has 0 bridgehead atoms. The minimum Gasteiger partial charge on any atom is -1.00 e. The molecular weight excluding hydrogens is 446 g/mol. The molecule has 3 aromatic carbocycles. The molecule has 0 radical (unpaired) electrons. The van der Waals surface area contributed by atoms with Gasteiger partial charge < -0.3 is 17.8 Å². The van der Waals surface area contributed by atoms with Crippen LogP contribution in [-0.2, 0) is 10.3 Å². The molecule has 0 unspecified atom stereocenters. The van der Waals surface area contributed by atoms with Crippen LogP contribution in [0.15, 0.2) is 48.5 Å². The largest absolute Gasteiger partial charge is 1.00 e. The number of fused-ring (bicyclic) bond motifs is 1. The number of rotatable bonds is 4. The van der Waals surface area contributed by atoms with E-state index in [9.17, 15) is 15.0 Å². The molecule has 0 amide bonds. The zero-order chi connectivity index (χ0) is 23.4. The third-order valence-corrected chi connectivity index (χ3v) is 6.51. The fraction of sp³-hybridized carbons (Fsp3) is 0.321. The van der Waals surface area contributed by atoms with Gasteiger partial charge in [-0.15, -0.1) is 0 Å². The van der Waals surface area contributed by atoms with Crippen molar-refractivity contribution in [3.63, 3.8) is 0 Å². The molecule has 6 heteroatoms. The molecule has 0 saturated heterocycles. The minimum atomic E-state index is -1.18. The number of aryl methyl sites for hydroxylation is 2. The summed E-state index contributed by atoms with van der Waals surface area (Å²) in [5.74, 6) is 0.231. The van der Waals surface area contributed by atoms with Gasteiger partial charge in [0.1, 0.15) is 11.5 Å². The maximum absolute atomic E-state index is 13.2. The van der Waals surface area contributed by atoms with Crippen LogP contribution in [0.2, 0.25) is 0 Å². The van der Waals surface area contributed by atoms with E-state index < -0.39 is 5.60 Å². The van der Waals surface area contributed by atoms with Gasteiger partial charge in [-0.25, -0.2) is 4.79 Å². The second-order valence-corrected chi connectivity index (χ2v) is 9.38. The zero-order valence-corrected chi connectivity index (χ0v) is 25.5. The van der Waals surface area contributed by atoms with Gasteiger partial charge in [0.15, 0.2) is 5.60 Å². The predicted molar refractivity (Wildman–Crippen MR) is 128 cm³/mol. The Bertz CT molecular complexity index is 1180. The van der Waals surface area contributed by atoms with Crippen LogP contribution in [0, 0.1) is 13.8 Å². The van der Waals surface area contributed by atoms with Crippen LogP contribution in [0.1, 0.15) is 91.7 Å². The summed E-state index contributed by atoms with van der Waals surface area (Å²) >= 11 is 0. The van der Waals surface area contributed by atoms with Crippen molar-refractivity contribution >= 4 is 5.97 Å². The number of phenols is 2. The van der Waals surface area contributed by atoms with Crippen molar-refractivity contribution in [1.29, 1.82) is 0 Å². The van der Waals surface area contributed by atoms with Crippen LogP contribution in [0.5, 0.6) is 11.5 Å². The Hall–Kier alpha value is -1.27. The summed E-state index contributed by atoms with van der Waals surface area (Å²) in [5, 5.41) is 21.0. The fourth-order valence-corrected chi connectivity index (χ4v) is 4.75. The molecule has 1 aliphatic heterocycles. The first kappa shape index (κ1) is 29.0. The van der Waals surface area contributed by atoms with Crippen molar-refractivity contribution in [2.75, 3.05) is 0 Å². The number of phenolic OH excluding ortho intramolecular Hbond substituents is 2. The number of hydrogen-bond donors (Lipinski definition) is 2. The van der Waals surface area contributed by atoms with E-state index >= 15 is 0 Å². The van der Waals surface area contributed by atoms with Gasteiger partial charge in [-0.2, -0.15) is 0 Å². The van der Waals surface area contributed by atoms with Crippen molar-refractivity contribution in [1.82, 2.24) is 0 Å². The molecule has 4 rings (SSSR count). The fourth-order valence-electron chi connectivity index (χ4n) is 4.75. The van der Waals surface area contributed by atoms with Gasteiger partial charge >= 0.3 is 65.1 Å². The SMILES string of the molecule is Cc1cc(C2(c3cc(C)c(O)cc3C(C)C)OC(=O)c3ccccc32)c(C(C)C)cc1O.[H-].[H-].[Na+].[Na+]. The van der Waals surface area contributed by atoms with E-state index in [1.54, 1.807) is 18.2 Å². The van der Waals surface area contributed by atoms with Gasteiger partial charge in [0.2, 0.25) is 0 Å². The molecule has 1 heterocycles. The second kappa shape index (κ2) is 10.8. The van der Waals surface area contributed by atoms with Gasteiger partial charge in [-0.05, 0) is 78.3 Å². The van der Waals surface area contributed by atoms with Crippen molar-refractivity contribution in [3.05, 3.63) is 93.0 Å². The van der Waals surface area contributed by atoms with Crippen molar-refractivity contribution in [2.24, 2.45) is 0 Å². The molecule has 4 nitrogen and oxygen atoms in total. The summed E-state index contributed by atoms with van der Waals surface area (Å²) in [6.07, 6.45) is 0. The second-order valence-electron chi connectivity index (χ2n) is 9.38. The van der Waals surface area contributed by atoms with Crippen molar-refractivity contribution in [3.8, 4) is 11.5 Å². The number of aromatic hydroxyl groups is 2. The molecule has 0 spiro atoms. The Balaban J connectivity index is 0.00000306. The van der Waals surface area contributed by atoms with E-state index in [1.807, 2.05) is 44.2 Å². The molecule has 170 valence electrons. The molecule has 0 aliphatic carbocycles. The van der Waals surface area contributed by atoms with Gasteiger partial charge in [0.05, 0.1) is 5.56 Å². The first-order chi connectivity index (χ1) is 15.1. The van der Waals surface area contributed by atoms with E-state index in [4.69, 9.17) is 4.74 Å². The van der Waals surface area contributed by atoms with E-state index in [2.05, 4.69) is 27.7 Å². The minimum absolute atomic E-state index is 0. The first-order valence-corrected chi connectivity index (χ1v) is 11.1. The quantitative estimate of drug-likeness (QED) is 0.427. The summed E-state index contributed by atoms with van der Waals surface area (Å²) < 4.78 is 6.36. The summed E-state index contributed by atoms with van der Waals surface area (Å²) in [7, 11) is 0. The maximum Gasteiger partial charge on any atom is 1.00 e. The molecular formula is C28H32Na2O4. The van der Waals surface area contributed by atoms with Gasteiger partial charge in [0.25, 0.3) is 0 Å². The molecule has 0 aromatic heterocycles. The number of carbonyl (C=O) groups is 1. The zero-order valence-electron chi connectivity index (χ0n) is 23.5. The molecule has 2 N–H and O–H groups in total. The number of carbonyl (C=O) groups excluding carboxylic acids is 1. The Morgan fingerprint density at radius 2 is 1.21 bits per heavy atom. The Kier molecular flexibility index (Phi) is 9.18. The average Bonchev–Trinajstić information content (AvgIpc) is 3.04. The summed E-state index contributed by atoms with van der Waals surface area (Å²) in [6, 6.07) is 14.9.